The van der Waals surface area contributed by atoms with Crippen LogP contribution in [-0.4, -0.2) is 37.0 Å². The molecule has 7 heteroatoms. The van der Waals surface area contributed by atoms with Crippen molar-refractivity contribution in [2.24, 2.45) is 4.99 Å². The third kappa shape index (κ3) is 6.65. The van der Waals surface area contributed by atoms with Crippen LogP contribution in [0.1, 0.15) is 48.2 Å². The Morgan fingerprint density at radius 1 is 1.16 bits per heavy atom. The highest BCUT2D eigenvalue weighted by atomic mass is 16.5. The summed E-state index contributed by atoms with van der Waals surface area (Å²) in [6, 6.07) is 13.2. The molecule has 164 valence electrons. The molecule has 0 radical (unpaired) electrons. The van der Waals surface area contributed by atoms with E-state index in [1.807, 2.05) is 31.2 Å². The molecule has 0 bridgehead atoms. The Hall–Kier alpha value is -3.19. The normalized spacial score (nSPS) is 16.1. The van der Waals surface area contributed by atoms with Crippen molar-refractivity contribution in [3.63, 3.8) is 0 Å². The van der Waals surface area contributed by atoms with Crippen LogP contribution in [-0.2, 0) is 16.0 Å². The van der Waals surface area contributed by atoms with Gasteiger partial charge in [-0.3, -0.25) is 14.9 Å². The second-order valence-electron chi connectivity index (χ2n) is 7.67. The Labute approximate surface area is 183 Å². The molecule has 2 aromatic carbocycles. The summed E-state index contributed by atoms with van der Waals surface area (Å²) in [6.07, 6.45) is 2.98. The largest absolute Gasteiger partial charge is 0.376 e. The molecule has 0 saturated carbocycles. The molecule has 0 aromatic heterocycles. The summed E-state index contributed by atoms with van der Waals surface area (Å²) in [7, 11) is 0. The van der Waals surface area contributed by atoms with Crippen molar-refractivity contribution in [1.29, 1.82) is 0 Å². The number of amides is 2. The van der Waals surface area contributed by atoms with Crippen LogP contribution < -0.4 is 16.0 Å². The highest BCUT2D eigenvalue weighted by Crippen LogP contribution is 2.17. The van der Waals surface area contributed by atoms with E-state index >= 15 is 0 Å². The van der Waals surface area contributed by atoms with Crippen molar-refractivity contribution >= 4 is 29.1 Å². The van der Waals surface area contributed by atoms with E-state index in [9.17, 15) is 9.59 Å². The van der Waals surface area contributed by atoms with Gasteiger partial charge in [0.05, 0.1) is 12.6 Å². The molecule has 1 aliphatic heterocycles. The van der Waals surface area contributed by atoms with Crippen molar-refractivity contribution in [1.82, 2.24) is 5.32 Å². The van der Waals surface area contributed by atoms with Crippen LogP contribution in [0.4, 0.5) is 11.4 Å². The van der Waals surface area contributed by atoms with E-state index in [4.69, 9.17) is 4.74 Å². The van der Waals surface area contributed by atoms with Crippen molar-refractivity contribution in [2.45, 2.75) is 46.1 Å². The second kappa shape index (κ2) is 10.7. The molecule has 1 saturated heterocycles. The van der Waals surface area contributed by atoms with E-state index in [0.29, 0.717) is 23.8 Å². The number of aliphatic imine (C=N–C) groups is 1. The summed E-state index contributed by atoms with van der Waals surface area (Å²) in [4.78, 5) is 29.0. The van der Waals surface area contributed by atoms with Gasteiger partial charge in [-0.25, -0.2) is 4.99 Å². The minimum Gasteiger partial charge on any atom is -0.376 e. The van der Waals surface area contributed by atoms with E-state index in [-0.39, 0.29) is 17.9 Å². The summed E-state index contributed by atoms with van der Waals surface area (Å²) >= 11 is 0. The lowest BCUT2D eigenvalue weighted by Crippen LogP contribution is -2.36. The lowest BCUT2D eigenvalue weighted by atomic mass is 10.1. The van der Waals surface area contributed by atoms with Crippen LogP contribution in [0.2, 0.25) is 0 Å². The quantitative estimate of drug-likeness (QED) is 0.486. The number of ether oxygens (including phenoxy) is 1. The zero-order valence-electron chi connectivity index (χ0n) is 18.3. The molecular formula is C24H30N4O3. The van der Waals surface area contributed by atoms with Gasteiger partial charge in [-0.15, -0.1) is 0 Å². The maximum atomic E-state index is 12.9. The molecule has 0 spiro atoms. The van der Waals surface area contributed by atoms with E-state index in [2.05, 4.69) is 33.9 Å². The first kappa shape index (κ1) is 22.5. The van der Waals surface area contributed by atoms with Crippen LogP contribution in [0.15, 0.2) is 47.5 Å². The fourth-order valence-corrected chi connectivity index (χ4v) is 3.36. The number of carbonyl (C=O) groups excluding carboxylic acids is 2. The van der Waals surface area contributed by atoms with Crippen LogP contribution in [0.3, 0.4) is 0 Å². The van der Waals surface area contributed by atoms with Gasteiger partial charge in [-0.1, -0.05) is 25.1 Å². The van der Waals surface area contributed by atoms with E-state index < -0.39 is 0 Å². The number of rotatable bonds is 6. The van der Waals surface area contributed by atoms with Crippen molar-refractivity contribution in [2.75, 3.05) is 23.8 Å². The SMILES string of the molecule is CCc1cccc(NC(=NCC2CCCO2)NC(=O)c2ccc(C)c(NC(C)=O)c2)c1. The molecule has 1 aliphatic rings. The Balaban J connectivity index is 1.78. The van der Waals surface area contributed by atoms with Gasteiger partial charge in [-0.2, -0.15) is 0 Å². The Bertz CT molecular complexity index is 965. The number of anilines is 2. The lowest BCUT2D eigenvalue weighted by molar-refractivity contribution is -0.114. The fourth-order valence-electron chi connectivity index (χ4n) is 3.36. The Kier molecular flexibility index (Phi) is 7.78. The van der Waals surface area contributed by atoms with Gasteiger partial charge >= 0.3 is 0 Å². The first-order valence-corrected chi connectivity index (χ1v) is 10.7. The molecule has 1 heterocycles. The van der Waals surface area contributed by atoms with Crippen LogP contribution in [0.5, 0.6) is 0 Å². The predicted octanol–water partition coefficient (Wildman–Crippen LogP) is 3.89. The standard InChI is InChI=1S/C24H30N4O3/c1-4-18-7-5-8-20(13-18)27-24(25-15-21-9-6-12-31-21)28-23(30)19-11-10-16(2)22(14-19)26-17(3)29/h5,7-8,10-11,13-14,21H,4,6,9,12,15H2,1-3H3,(H,26,29)(H2,25,27,28,30). The van der Waals surface area contributed by atoms with Crippen LogP contribution in [0.25, 0.3) is 0 Å². The molecule has 2 aromatic rings. The van der Waals surface area contributed by atoms with Crippen molar-refractivity contribution < 1.29 is 14.3 Å². The Morgan fingerprint density at radius 2 is 2.00 bits per heavy atom. The molecule has 1 unspecified atom stereocenters. The maximum Gasteiger partial charge on any atom is 0.258 e. The van der Waals surface area contributed by atoms with Gasteiger partial charge in [0.15, 0.2) is 0 Å². The maximum absolute atomic E-state index is 12.9. The fraction of sp³-hybridized carbons (Fsp3) is 0.375. The van der Waals surface area contributed by atoms with Gasteiger partial charge < -0.3 is 15.4 Å². The number of nitrogens with zero attached hydrogens (tertiary/aromatic N) is 1. The molecule has 0 aliphatic carbocycles. The topological polar surface area (TPSA) is 91.8 Å². The number of benzene rings is 2. The summed E-state index contributed by atoms with van der Waals surface area (Å²) < 4.78 is 5.66. The van der Waals surface area contributed by atoms with Gasteiger partial charge in [0.1, 0.15) is 0 Å². The predicted molar refractivity (Wildman–Crippen MR) is 124 cm³/mol. The average Bonchev–Trinajstić information content (AvgIpc) is 3.27. The molecule has 3 N–H and O–H groups in total. The molecule has 31 heavy (non-hydrogen) atoms. The molecule has 2 amide bonds. The third-order valence-corrected chi connectivity index (χ3v) is 5.12. The minimum atomic E-state index is -0.308. The van der Waals surface area contributed by atoms with Crippen LogP contribution >= 0.6 is 0 Å². The number of carbonyl (C=O) groups is 2. The molecular weight excluding hydrogens is 392 g/mol. The summed E-state index contributed by atoms with van der Waals surface area (Å²) in [6.45, 7) is 6.64. The highest BCUT2D eigenvalue weighted by Gasteiger charge is 2.16. The van der Waals surface area contributed by atoms with Gasteiger partial charge in [0.25, 0.3) is 5.91 Å². The molecule has 3 rings (SSSR count). The van der Waals surface area contributed by atoms with E-state index in [0.717, 1.165) is 37.1 Å². The summed E-state index contributed by atoms with van der Waals surface area (Å²) in [5.41, 5.74) is 3.97. The average molecular weight is 423 g/mol. The lowest BCUT2D eigenvalue weighted by Gasteiger charge is -2.15. The minimum absolute atomic E-state index is 0.0708. The number of aryl methyl sites for hydroxylation is 2. The third-order valence-electron chi connectivity index (χ3n) is 5.12. The highest BCUT2D eigenvalue weighted by molar-refractivity contribution is 6.10. The van der Waals surface area contributed by atoms with Crippen LogP contribution in [0, 0.1) is 6.92 Å². The second-order valence-corrected chi connectivity index (χ2v) is 7.67. The zero-order chi connectivity index (χ0) is 22.2. The molecule has 1 fully saturated rings. The first-order valence-electron chi connectivity index (χ1n) is 10.7. The Morgan fingerprint density at radius 3 is 2.71 bits per heavy atom. The smallest absolute Gasteiger partial charge is 0.258 e. The van der Waals surface area contributed by atoms with Gasteiger partial charge in [0, 0.05) is 30.5 Å². The number of nitrogens with one attached hydrogen (secondary N) is 3. The number of hydrogen-bond donors (Lipinski definition) is 3. The van der Waals surface area contributed by atoms with Gasteiger partial charge in [-0.05, 0) is 61.6 Å². The summed E-state index contributed by atoms with van der Waals surface area (Å²) in [5.74, 6) is -0.121. The molecule has 7 nitrogen and oxygen atoms in total. The van der Waals surface area contributed by atoms with Gasteiger partial charge in [0.2, 0.25) is 11.9 Å². The number of hydrogen-bond acceptors (Lipinski definition) is 4. The van der Waals surface area contributed by atoms with Crippen molar-refractivity contribution in [3.05, 3.63) is 59.2 Å². The van der Waals surface area contributed by atoms with Crippen molar-refractivity contribution in [3.8, 4) is 0 Å². The zero-order valence-corrected chi connectivity index (χ0v) is 18.3. The van der Waals surface area contributed by atoms with E-state index in [1.54, 1.807) is 12.1 Å². The monoisotopic (exact) mass is 422 g/mol. The molecule has 1 atom stereocenters. The number of guanidine groups is 1. The first-order chi connectivity index (χ1) is 14.9. The van der Waals surface area contributed by atoms with E-state index in [1.165, 1.54) is 12.5 Å². The summed E-state index contributed by atoms with van der Waals surface area (Å²) in [5, 5.41) is 8.86.